The first kappa shape index (κ1) is 8.59. The van der Waals surface area contributed by atoms with Crippen LogP contribution < -0.4 is 11.1 Å². The maximum atomic E-state index is 5.52. The van der Waals surface area contributed by atoms with Crippen molar-refractivity contribution in [1.29, 1.82) is 0 Å². The van der Waals surface area contributed by atoms with Gasteiger partial charge in [0.15, 0.2) is 0 Å². The van der Waals surface area contributed by atoms with Gasteiger partial charge < -0.3 is 11.1 Å². The molecular weight excluding hydrogens is 206 g/mol. The average Bonchev–Trinajstić information content (AvgIpc) is 2.81. The maximum Gasteiger partial charge on any atom is 0.134 e. The van der Waals surface area contributed by atoms with Crippen LogP contribution in [0.5, 0.6) is 0 Å². The van der Waals surface area contributed by atoms with Crippen LogP contribution in [0.3, 0.4) is 0 Å². The molecule has 1 fully saturated rings. The molecule has 4 heteroatoms. The van der Waals surface area contributed by atoms with Crippen LogP contribution >= 0.6 is 15.9 Å². The van der Waals surface area contributed by atoms with Gasteiger partial charge in [-0.3, -0.25) is 4.99 Å². The first-order valence-corrected chi connectivity index (χ1v) is 4.37. The van der Waals surface area contributed by atoms with E-state index in [2.05, 4.69) is 26.2 Å². The molecule has 0 unspecified atom stereocenters. The van der Waals surface area contributed by atoms with Crippen molar-refractivity contribution in [2.75, 3.05) is 7.05 Å². The summed E-state index contributed by atoms with van der Waals surface area (Å²) in [5.41, 5.74) is 5.52. The SMILES string of the molecule is CN=C(N)/C(Br)=C\NC1CC1. The molecule has 0 aromatic heterocycles. The lowest BCUT2D eigenvalue weighted by molar-refractivity contribution is 0.862. The van der Waals surface area contributed by atoms with Crippen LogP contribution in [0.1, 0.15) is 12.8 Å². The minimum absolute atomic E-state index is 0.526. The van der Waals surface area contributed by atoms with Gasteiger partial charge in [-0.15, -0.1) is 0 Å². The number of nitrogens with one attached hydrogen (secondary N) is 1. The quantitative estimate of drug-likeness (QED) is 0.547. The van der Waals surface area contributed by atoms with Crippen molar-refractivity contribution in [3.8, 4) is 0 Å². The van der Waals surface area contributed by atoms with Crippen molar-refractivity contribution in [3.63, 3.8) is 0 Å². The molecule has 3 N–H and O–H groups in total. The van der Waals surface area contributed by atoms with E-state index in [0.29, 0.717) is 11.9 Å². The Bertz CT molecular complexity index is 194. The maximum absolute atomic E-state index is 5.52. The van der Waals surface area contributed by atoms with Crippen LogP contribution in [0.2, 0.25) is 0 Å². The third kappa shape index (κ3) is 2.93. The van der Waals surface area contributed by atoms with E-state index < -0.39 is 0 Å². The van der Waals surface area contributed by atoms with Crippen LogP contribution in [0.25, 0.3) is 0 Å². The van der Waals surface area contributed by atoms with Gasteiger partial charge in [-0.05, 0) is 28.8 Å². The van der Waals surface area contributed by atoms with Crippen LogP contribution in [0.15, 0.2) is 15.7 Å². The normalized spacial score (nSPS) is 20.2. The summed E-state index contributed by atoms with van der Waals surface area (Å²) in [6, 6.07) is 0.659. The molecule has 0 radical (unpaired) electrons. The molecule has 1 aliphatic rings. The number of hydrogen-bond acceptors (Lipinski definition) is 2. The zero-order chi connectivity index (χ0) is 8.27. The highest BCUT2D eigenvalue weighted by Gasteiger charge is 2.19. The molecule has 11 heavy (non-hydrogen) atoms. The molecule has 0 amide bonds. The molecular formula is C7H12BrN3. The van der Waals surface area contributed by atoms with Crippen molar-refractivity contribution < 1.29 is 0 Å². The first-order chi connectivity index (χ1) is 5.24. The molecule has 0 saturated heterocycles. The highest BCUT2D eigenvalue weighted by molar-refractivity contribution is 9.12. The number of amidine groups is 1. The lowest BCUT2D eigenvalue weighted by Gasteiger charge is -1.98. The van der Waals surface area contributed by atoms with Gasteiger partial charge in [0.25, 0.3) is 0 Å². The minimum atomic E-state index is 0.526. The number of hydrogen-bond donors (Lipinski definition) is 2. The Morgan fingerprint density at radius 3 is 2.82 bits per heavy atom. The van der Waals surface area contributed by atoms with E-state index in [0.717, 1.165) is 4.48 Å². The van der Waals surface area contributed by atoms with Gasteiger partial charge in [0.05, 0.1) is 4.48 Å². The highest BCUT2D eigenvalue weighted by atomic mass is 79.9. The van der Waals surface area contributed by atoms with Gasteiger partial charge in [0.2, 0.25) is 0 Å². The van der Waals surface area contributed by atoms with Gasteiger partial charge in [-0.2, -0.15) is 0 Å². The summed E-state index contributed by atoms with van der Waals surface area (Å²) in [5, 5.41) is 3.20. The van der Waals surface area contributed by atoms with Gasteiger partial charge in [0.1, 0.15) is 5.84 Å². The number of nitrogens with two attached hydrogens (primary N) is 1. The molecule has 62 valence electrons. The predicted octanol–water partition coefficient (Wildman–Crippen LogP) is 0.962. The summed E-state index contributed by atoms with van der Waals surface area (Å²) in [5.74, 6) is 0.526. The predicted molar refractivity (Wildman–Crippen MR) is 50.7 cm³/mol. The monoisotopic (exact) mass is 217 g/mol. The summed E-state index contributed by atoms with van der Waals surface area (Å²) in [6.45, 7) is 0. The Kier molecular flexibility index (Phi) is 2.93. The van der Waals surface area contributed by atoms with Crippen molar-refractivity contribution >= 4 is 21.8 Å². The number of aliphatic imine (C=N–C) groups is 1. The second-order valence-electron chi connectivity index (χ2n) is 2.54. The zero-order valence-corrected chi connectivity index (χ0v) is 8.06. The number of nitrogens with zero attached hydrogens (tertiary/aromatic N) is 1. The molecule has 0 atom stereocenters. The average molecular weight is 218 g/mol. The summed E-state index contributed by atoms with van der Waals surface area (Å²) in [6.07, 6.45) is 4.39. The lowest BCUT2D eigenvalue weighted by Crippen LogP contribution is -2.15. The van der Waals surface area contributed by atoms with Crippen molar-refractivity contribution in [2.24, 2.45) is 10.7 Å². The second-order valence-corrected chi connectivity index (χ2v) is 3.40. The van der Waals surface area contributed by atoms with E-state index in [1.807, 2.05) is 6.20 Å². The van der Waals surface area contributed by atoms with E-state index in [4.69, 9.17) is 5.73 Å². The Hall–Kier alpha value is -0.510. The lowest BCUT2D eigenvalue weighted by atomic mass is 10.5. The first-order valence-electron chi connectivity index (χ1n) is 3.58. The van der Waals surface area contributed by atoms with E-state index >= 15 is 0 Å². The largest absolute Gasteiger partial charge is 0.387 e. The molecule has 1 aliphatic carbocycles. The number of rotatable bonds is 3. The van der Waals surface area contributed by atoms with E-state index in [9.17, 15) is 0 Å². The van der Waals surface area contributed by atoms with Crippen molar-refractivity contribution in [3.05, 3.63) is 10.7 Å². The molecule has 1 rings (SSSR count). The van der Waals surface area contributed by atoms with E-state index in [1.54, 1.807) is 7.05 Å². The van der Waals surface area contributed by atoms with E-state index in [1.165, 1.54) is 12.8 Å². The smallest absolute Gasteiger partial charge is 0.134 e. The summed E-state index contributed by atoms with van der Waals surface area (Å²) >= 11 is 3.30. The highest BCUT2D eigenvalue weighted by Crippen LogP contribution is 2.19. The van der Waals surface area contributed by atoms with Crippen LogP contribution in [-0.2, 0) is 0 Å². The number of halogens is 1. The molecule has 0 heterocycles. The summed E-state index contributed by atoms with van der Waals surface area (Å²) < 4.78 is 0.826. The molecule has 0 aromatic carbocycles. The van der Waals surface area contributed by atoms with Crippen LogP contribution in [0, 0.1) is 0 Å². The third-order valence-electron chi connectivity index (χ3n) is 1.51. The molecule has 0 aromatic rings. The summed E-state index contributed by atoms with van der Waals surface area (Å²) in [7, 11) is 1.67. The molecule has 0 spiro atoms. The van der Waals surface area contributed by atoms with Crippen molar-refractivity contribution in [1.82, 2.24) is 5.32 Å². The Morgan fingerprint density at radius 2 is 2.36 bits per heavy atom. The van der Waals surface area contributed by atoms with E-state index in [-0.39, 0.29) is 0 Å². The minimum Gasteiger partial charge on any atom is -0.387 e. The standard InChI is InChI=1S/C7H12BrN3/c1-10-7(9)6(8)4-11-5-2-3-5/h4-5,11H,2-3H2,1H3,(H2,9,10)/b6-4+. The third-order valence-corrected chi connectivity index (χ3v) is 2.14. The fourth-order valence-electron chi connectivity index (χ4n) is 0.622. The van der Waals surface area contributed by atoms with Gasteiger partial charge in [-0.25, -0.2) is 0 Å². The van der Waals surface area contributed by atoms with Gasteiger partial charge in [0, 0.05) is 19.3 Å². The van der Waals surface area contributed by atoms with Crippen LogP contribution in [-0.4, -0.2) is 18.9 Å². The molecule has 1 saturated carbocycles. The van der Waals surface area contributed by atoms with Gasteiger partial charge in [-0.1, -0.05) is 0 Å². The topological polar surface area (TPSA) is 50.4 Å². The molecule has 0 aliphatic heterocycles. The van der Waals surface area contributed by atoms with Crippen LogP contribution in [0.4, 0.5) is 0 Å². The van der Waals surface area contributed by atoms with Crippen molar-refractivity contribution in [2.45, 2.75) is 18.9 Å². The fourth-order valence-corrected chi connectivity index (χ4v) is 0.931. The zero-order valence-electron chi connectivity index (χ0n) is 6.47. The van der Waals surface area contributed by atoms with Gasteiger partial charge >= 0.3 is 0 Å². The fraction of sp³-hybridized carbons (Fsp3) is 0.571. The Labute approximate surface area is 74.9 Å². The Balaban J connectivity index is 2.36. The second kappa shape index (κ2) is 3.76. The Morgan fingerprint density at radius 1 is 1.73 bits per heavy atom. The molecule has 0 bridgehead atoms. The molecule has 3 nitrogen and oxygen atoms in total. The summed E-state index contributed by atoms with van der Waals surface area (Å²) in [4.78, 5) is 3.83.